The lowest BCUT2D eigenvalue weighted by atomic mass is 10.7. The van der Waals surface area contributed by atoms with E-state index in [1.165, 1.54) is 12.3 Å². The monoisotopic (exact) mass is 145 g/mol. The predicted octanol–water partition coefficient (Wildman–Crippen LogP) is 1.67. The van der Waals surface area contributed by atoms with Gasteiger partial charge in [-0.3, -0.25) is 0 Å². The molecule has 9 heavy (non-hydrogen) atoms. The fraction of sp³-hybridized carbons (Fsp3) is 0. The van der Waals surface area contributed by atoms with Crippen LogP contribution in [0.25, 0.3) is 0 Å². The Morgan fingerprint density at radius 3 is 2.67 bits per heavy atom. The lowest BCUT2D eigenvalue weighted by Crippen LogP contribution is -2.05. The molecule has 0 aliphatic carbocycles. The highest BCUT2D eigenvalue weighted by molar-refractivity contribution is 6.30. The van der Waals surface area contributed by atoms with E-state index in [2.05, 4.69) is 0 Å². The van der Waals surface area contributed by atoms with Crippen molar-refractivity contribution in [2.24, 2.45) is 0 Å². The van der Waals surface area contributed by atoms with E-state index >= 15 is 0 Å². The Bertz CT molecular complexity index is 231. The number of halogens is 1. The van der Waals surface area contributed by atoms with E-state index in [1.807, 2.05) is 0 Å². The van der Waals surface area contributed by atoms with Crippen LogP contribution in [0.15, 0.2) is 18.3 Å². The van der Waals surface area contributed by atoms with E-state index in [0.29, 0.717) is 0 Å². The molecule has 1 heterocycles. The topological polar surface area (TPSA) is 42.2 Å². The zero-order valence-corrected chi connectivity index (χ0v) is 5.17. The fourth-order valence-corrected chi connectivity index (χ4v) is 0.717. The first kappa shape index (κ1) is 6.16. The standard InChI is InChI=1S/C5H4ClNO2/c6-4-2-1-3-7(4)5(8)9/h1-3H,(H,8,9). The van der Waals surface area contributed by atoms with Crippen LogP contribution >= 0.6 is 11.6 Å². The lowest BCUT2D eigenvalue weighted by molar-refractivity contribution is 0.196. The number of hydrogen-bond donors (Lipinski definition) is 1. The van der Waals surface area contributed by atoms with Gasteiger partial charge in [-0.15, -0.1) is 0 Å². The van der Waals surface area contributed by atoms with Gasteiger partial charge in [0, 0.05) is 6.20 Å². The summed E-state index contributed by atoms with van der Waals surface area (Å²) in [6, 6.07) is 3.08. The van der Waals surface area contributed by atoms with Gasteiger partial charge in [-0.2, -0.15) is 0 Å². The molecule has 0 aliphatic heterocycles. The molecule has 0 aromatic carbocycles. The number of hydrogen-bond acceptors (Lipinski definition) is 1. The summed E-state index contributed by atoms with van der Waals surface area (Å²) in [6.07, 6.45) is 0.315. The van der Waals surface area contributed by atoms with Gasteiger partial charge >= 0.3 is 6.09 Å². The molecule has 48 valence electrons. The third-order valence-electron chi connectivity index (χ3n) is 0.905. The molecule has 0 amide bonds. The van der Waals surface area contributed by atoms with Crippen molar-refractivity contribution in [1.82, 2.24) is 4.57 Å². The van der Waals surface area contributed by atoms with Crippen molar-refractivity contribution in [3.63, 3.8) is 0 Å². The second kappa shape index (κ2) is 2.11. The highest BCUT2D eigenvalue weighted by Gasteiger charge is 2.01. The maximum Gasteiger partial charge on any atom is 0.416 e. The van der Waals surface area contributed by atoms with E-state index in [0.717, 1.165) is 4.57 Å². The normalized spacial score (nSPS) is 9.44. The molecule has 0 radical (unpaired) electrons. The minimum Gasteiger partial charge on any atom is -0.464 e. The fourth-order valence-electron chi connectivity index (χ4n) is 0.515. The van der Waals surface area contributed by atoms with Crippen molar-refractivity contribution in [3.05, 3.63) is 23.5 Å². The summed E-state index contributed by atoms with van der Waals surface area (Å²) in [4.78, 5) is 10.2. The van der Waals surface area contributed by atoms with Crippen molar-refractivity contribution in [2.45, 2.75) is 0 Å². The zero-order chi connectivity index (χ0) is 6.85. The maximum absolute atomic E-state index is 10.2. The third-order valence-corrected chi connectivity index (χ3v) is 1.21. The smallest absolute Gasteiger partial charge is 0.416 e. The van der Waals surface area contributed by atoms with E-state index in [1.54, 1.807) is 6.07 Å². The summed E-state index contributed by atoms with van der Waals surface area (Å²) >= 11 is 5.42. The molecule has 0 unspecified atom stereocenters. The predicted molar refractivity (Wildman–Crippen MR) is 32.9 cm³/mol. The van der Waals surface area contributed by atoms with Crippen molar-refractivity contribution < 1.29 is 9.90 Å². The molecule has 0 spiro atoms. The number of rotatable bonds is 0. The zero-order valence-electron chi connectivity index (χ0n) is 4.41. The van der Waals surface area contributed by atoms with Gasteiger partial charge in [-0.1, -0.05) is 11.6 Å². The van der Waals surface area contributed by atoms with Crippen molar-refractivity contribution in [3.8, 4) is 0 Å². The van der Waals surface area contributed by atoms with Gasteiger partial charge in [-0.25, -0.2) is 9.36 Å². The summed E-state index contributed by atoms with van der Waals surface area (Å²) in [5.41, 5.74) is 0. The summed E-state index contributed by atoms with van der Waals surface area (Å²) in [7, 11) is 0. The van der Waals surface area contributed by atoms with Crippen LogP contribution in [-0.4, -0.2) is 15.8 Å². The molecule has 1 rings (SSSR count). The second-order valence-corrected chi connectivity index (χ2v) is 1.87. The van der Waals surface area contributed by atoms with Crippen LogP contribution < -0.4 is 0 Å². The van der Waals surface area contributed by atoms with Crippen LogP contribution in [0.4, 0.5) is 4.79 Å². The average molecular weight is 146 g/mol. The van der Waals surface area contributed by atoms with E-state index in [4.69, 9.17) is 16.7 Å². The summed E-state index contributed by atoms with van der Waals surface area (Å²) in [5, 5.41) is 8.54. The quantitative estimate of drug-likeness (QED) is 0.604. The van der Waals surface area contributed by atoms with E-state index in [9.17, 15) is 4.79 Å². The first-order valence-electron chi connectivity index (χ1n) is 2.28. The Kier molecular flexibility index (Phi) is 1.44. The molecule has 1 aromatic heterocycles. The Morgan fingerprint density at radius 1 is 1.78 bits per heavy atom. The SMILES string of the molecule is O=C(O)n1cccc1Cl. The first-order valence-corrected chi connectivity index (χ1v) is 2.66. The summed E-state index contributed by atoms with van der Waals surface area (Å²) in [5.74, 6) is 0. The minimum absolute atomic E-state index is 0.211. The van der Waals surface area contributed by atoms with Crippen LogP contribution in [0.3, 0.4) is 0 Å². The molecular weight excluding hydrogens is 142 g/mol. The van der Waals surface area contributed by atoms with Gasteiger partial charge < -0.3 is 5.11 Å². The number of nitrogens with zero attached hydrogens (tertiary/aromatic N) is 1. The Hall–Kier alpha value is -0.960. The first-order chi connectivity index (χ1) is 4.22. The Labute approximate surface area is 56.5 Å². The minimum atomic E-state index is -1.06. The Morgan fingerprint density at radius 2 is 2.44 bits per heavy atom. The molecule has 1 N–H and O–H groups in total. The van der Waals surface area contributed by atoms with Crippen molar-refractivity contribution in [1.29, 1.82) is 0 Å². The molecule has 3 nitrogen and oxygen atoms in total. The molecule has 0 aliphatic rings. The number of aromatic nitrogens is 1. The van der Waals surface area contributed by atoms with Crippen LogP contribution in [0.2, 0.25) is 5.15 Å². The maximum atomic E-state index is 10.2. The van der Waals surface area contributed by atoms with Crippen LogP contribution in [0.5, 0.6) is 0 Å². The molecule has 0 saturated heterocycles. The van der Waals surface area contributed by atoms with Gasteiger partial charge in [0.25, 0.3) is 0 Å². The second-order valence-electron chi connectivity index (χ2n) is 1.48. The largest absolute Gasteiger partial charge is 0.464 e. The molecular formula is C5H4ClNO2. The molecule has 0 saturated carbocycles. The lowest BCUT2D eigenvalue weighted by Gasteiger charge is -1.92. The van der Waals surface area contributed by atoms with Crippen molar-refractivity contribution >= 4 is 17.7 Å². The molecule has 0 fully saturated rings. The molecule has 4 heteroatoms. The van der Waals surface area contributed by atoms with Gasteiger partial charge in [-0.05, 0) is 12.1 Å². The van der Waals surface area contributed by atoms with Gasteiger partial charge in [0.1, 0.15) is 5.15 Å². The third kappa shape index (κ3) is 1.05. The van der Waals surface area contributed by atoms with E-state index in [-0.39, 0.29) is 5.15 Å². The van der Waals surface area contributed by atoms with Gasteiger partial charge in [0.2, 0.25) is 0 Å². The summed E-state index contributed by atoms with van der Waals surface area (Å²) in [6.45, 7) is 0. The van der Waals surface area contributed by atoms with E-state index < -0.39 is 6.09 Å². The molecule has 0 atom stereocenters. The summed E-state index contributed by atoms with van der Waals surface area (Å²) < 4.78 is 0.932. The number of carboxylic acid groups (broad SMARTS) is 1. The van der Waals surface area contributed by atoms with Crippen molar-refractivity contribution in [2.75, 3.05) is 0 Å². The average Bonchev–Trinajstić information content (AvgIpc) is 2.13. The van der Waals surface area contributed by atoms with Gasteiger partial charge in [0.15, 0.2) is 0 Å². The van der Waals surface area contributed by atoms with Gasteiger partial charge in [0.05, 0.1) is 0 Å². The highest BCUT2D eigenvalue weighted by atomic mass is 35.5. The molecule has 0 bridgehead atoms. The highest BCUT2D eigenvalue weighted by Crippen LogP contribution is 2.07. The van der Waals surface area contributed by atoms with Crippen LogP contribution in [-0.2, 0) is 0 Å². The van der Waals surface area contributed by atoms with Crippen LogP contribution in [0.1, 0.15) is 0 Å². The number of carbonyl (C=O) groups is 1. The Balaban J connectivity index is 3.08. The molecule has 1 aromatic rings. The van der Waals surface area contributed by atoms with Crippen LogP contribution in [0, 0.1) is 0 Å².